The molecule has 1 rings (SSSR count). The zero-order chi connectivity index (χ0) is 9.84. The summed E-state index contributed by atoms with van der Waals surface area (Å²) in [5.41, 5.74) is 1.46. The summed E-state index contributed by atoms with van der Waals surface area (Å²) in [6, 6.07) is 10.8. The van der Waals surface area contributed by atoms with E-state index in [0.29, 0.717) is 5.92 Å². The number of hydrogen-bond acceptors (Lipinski definition) is 0. The fourth-order valence-electron chi connectivity index (χ4n) is 1.64. The van der Waals surface area contributed by atoms with Crippen LogP contribution in [-0.2, 0) is 0 Å². The van der Waals surface area contributed by atoms with Crippen LogP contribution in [0.3, 0.4) is 0 Å². The predicted octanol–water partition coefficient (Wildman–Crippen LogP) is 4.08. The SMILES string of the molecule is CC(C)C(C)C(C)c1ccccc1. The molecule has 2 atom stereocenters. The van der Waals surface area contributed by atoms with E-state index < -0.39 is 0 Å². The van der Waals surface area contributed by atoms with Gasteiger partial charge in [0.15, 0.2) is 0 Å². The van der Waals surface area contributed by atoms with Crippen molar-refractivity contribution in [3.8, 4) is 0 Å². The van der Waals surface area contributed by atoms with Gasteiger partial charge in [0.05, 0.1) is 0 Å². The molecule has 0 heterocycles. The Balaban J connectivity index is 2.73. The van der Waals surface area contributed by atoms with Crippen LogP contribution in [0.5, 0.6) is 0 Å². The Bertz CT molecular complexity index is 235. The molecule has 0 bridgehead atoms. The van der Waals surface area contributed by atoms with E-state index in [4.69, 9.17) is 0 Å². The van der Waals surface area contributed by atoms with Crippen molar-refractivity contribution in [1.29, 1.82) is 0 Å². The largest absolute Gasteiger partial charge is 0.0625 e. The van der Waals surface area contributed by atoms with Gasteiger partial charge in [-0.1, -0.05) is 58.0 Å². The van der Waals surface area contributed by atoms with Crippen LogP contribution in [0.15, 0.2) is 30.3 Å². The van der Waals surface area contributed by atoms with E-state index in [1.165, 1.54) is 5.56 Å². The quantitative estimate of drug-likeness (QED) is 0.651. The van der Waals surface area contributed by atoms with Crippen LogP contribution in [0.4, 0.5) is 0 Å². The van der Waals surface area contributed by atoms with E-state index in [0.717, 1.165) is 11.8 Å². The van der Waals surface area contributed by atoms with Crippen molar-refractivity contribution < 1.29 is 0 Å². The zero-order valence-electron chi connectivity index (χ0n) is 9.12. The topological polar surface area (TPSA) is 0 Å². The van der Waals surface area contributed by atoms with Gasteiger partial charge in [0, 0.05) is 0 Å². The van der Waals surface area contributed by atoms with Gasteiger partial charge < -0.3 is 0 Å². The molecule has 13 heavy (non-hydrogen) atoms. The van der Waals surface area contributed by atoms with Gasteiger partial charge in [0.25, 0.3) is 0 Å². The summed E-state index contributed by atoms with van der Waals surface area (Å²) in [7, 11) is 0. The van der Waals surface area contributed by atoms with Crippen LogP contribution in [0, 0.1) is 11.8 Å². The average Bonchev–Trinajstić information content (AvgIpc) is 2.17. The van der Waals surface area contributed by atoms with Crippen molar-refractivity contribution >= 4 is 0 Å². The molecule has 0 amide bonds. The first kappa shape index (κ1) is 10.3. The molecule has 72 valence electrons. The zero-order valence-corrected chi connectivity index (χ0v) is 9.12. The third-order valence-electron chi connectivity index (χ3n) is 3.17. The Hall–Kier alpha value is -0.780. The molecule has 0 aliphatic rings. The molecule has 0 saturated carbocycles. The number of benzene rings is 1. The second-order valence-electron chi connectivity index (χ2n) is 4.30. The van der Waals surface area contributed by atoms with Crippen LogP contribution < -0.4 is 0 Å². The van der Waals surface area contributed by atoms with Gasteiger partial charge in [-0.3, -0.25) is 0 Å². The van der Waals surface area contributed by atoms with Gasteiger partial charge in [-0.05, 0) is 23.3 Å². The molecule has 0 radical (unpaired) electrons. The predicted molar refractivity (Wildman–Crippen MR) is 58.9 cm³/mol. The van der Waals surface area contributed by atoms with Gasteiger partial charge in [-0.15, -0.1) is 0 Å². The molecular weight excluding hydrogens is 156 g/mol. The van der Waals surface area contributed by atoms with Gasteiger partial charge in [-0.2, -0.15) is 0 Å². The molecule has 0 aliphatic heterocycles. The molecule has 1 aromatic rings. The van der Waals surface area contributed by atoms with Crippen LogP contribution in [0.2, 0.25) is 0 Å². The Morgan fingerprint density at radius 3 is 1.85 bits per heavy atom. The molecule has 0 heteroatoms. The lowest BCUT2D eigenvalue weighted by Crippen LogP contribution is -2.12. The molecule has 0 saturated heterocycles. The maximum atomic E-state index is 2.34. The van der Waals surface area contributed by atoms with Crippen molar-refractivity contribution in [3.05, 3.63) is 35.9 Å². The summed E-state index contributed by atoms with van der Waals surface area (Å²) >= 11 is 0. The highest BCUT2D eigenvalue weighted by atomic mass is 14.2. The Morgan fingerprint density at radius 2 is 1.38 bits per heavy atom. The molecule has 0 spiro atoms. The summed E-state index contributed by atoms with van der Waals surface area (Å²) in [5.74, 6) is 2.18. The minimum atomic E-state index is 0.668. The summed E-state index contributed by atoms with van der Waals surface area (Å²) in [6.45, 7) is 9.25. The lowest BCUT2D eigenvalue weighted by atomic mass is 9.82. The van der Waals surface area contributed by atoms with E-state index in [9.17, 15) is 0 Å². The highest BCUT2D eigenvalue weighted by molar-refractivity contribution is 5.19. The van der Waals surface area contributed by atoms with Crippen molar-refractivity contribution in [2.75, 3.05) is 0 Å². The first-order chi connectivity index (χ1) is 6.13. The lowest BCUT2D eigenvalue weighted by molar-refractivity contribution is 0.362. The highest BCUT2D eigenvalue weighted by Crippen LogP contribution is 2.28. The van der Waals surface area contributed by atoms with Gasteiger partial charge in [0.2, 0.25) is 0 Å². The minimum Gasteiger partial charge on any atom is -0.0625 e. The van der Waals surface area contributed by atoms with E-state index in [1.807, 2.05) is 0 Å². The van der Waals surface area contributed by atoms with Crippen LogP contribution >= 0.6 is 0 Å². The van der Waals surface area contributed by atoms with Gasteiger partial charge in [0.1, 0.15) is 0 Å². The fourth-order valence-corrected chi connectivity index (χ4v) is 1.64. The maximum Gasteiger partial charge on any atom is -0.0162 e. The monoisotopic (exact) mass is 176 g/mol. The average molecular weight is 176 g/mol. The molecular formula is C13H20. The highest BCUT2D eigenvalue weighted by Gasteiger charge is 2.16. The maximum absolute atomic E-state index is 2.34. The Kier molecular flexibility index (Phi) is 3.53. The van der Waals surface area contributed by atoms with Gasteiger partial charge >= 0.3 is 0 Å². The summed E-state index contributed by atoms with van der Waals surface area (Å²) in [5, 5.41) is 0. The smallest absolute Gasteiger partial charge is 0.0162 e. The molecule has 0 aliphatic carbocycles. The van der Waals surface area contributed by atoms with Crippen LogP contribution in [0.1, 0.15) is 39.2 Å². The third kappa shape index (κ3) is 2.58. The minimum absolute atomic E-state index is 0.668. The summed E-state index contributed by atoms with van der Waals surface area (Å²) in [6.07, 6.45) is 0. The fraction of sp³-hybridized carbons (Fsp3) is 0.538. The first-order valence-electron chi connectivity index (χ1n) is 5.18. The summed E-state index contributed by atoms with van der Waals surface area (Å²) in [4.78, 5) is 0. The van der Waals surface area contributed by atoms with Gasteiger partial charge in [-0.25, -0.2) is 0 Å². The van der Waals surface area contributed by atoms with E-state index in [-0.39, 0.29) is 0 Å². The van der Waals surface area contributed by atoms with E-state index >= 15 is 0 Å². The van der Waals surface area contributed by atoms with Crippen LogP contribution in [0.25, 0.3) is 0 Å². The third-order valence-corrected chi connectivity index (χ3v) is 3.17. The van der Waals surface area contributed by atoms with Crippen molar-refractivity contribution in [1.82, 2.24) is 0 Å². The second kappa shape index (κ2) is 4.45. The van der Waals surface area contributed by atoms with E-state index in [1.54, 1.807) is 0 Å². The Morgan fingerprint density at radius 1 is 0.846 bits per heavy atom. The molecule has 0 fully saturated rings. The van der Waals surface area contributed by atoms with Crippen molar-refractivity contribution in [2.24, 2.45) is 11.8 Å². The van der Waals surface area contributed by atoms with E-state index in [2.05, 4.69) is 58.0 Å². The lowest BCUT2D eigenvalue weighted by Gasteiger charge is -2.23. The number of rotatable bonds is 3. The Labute approximate surface area is 82.0 Å². The second-order valence-corrected chi connectivity index (χ2v) is 4.30. The normalized spacial score (nSPS) is 15.8. The standard InChI is InChI=1S/C13H20/c1-10(2)11(3)12(4)13-8-6-5-7-9-13/h5-12H,1-4H3. The molecule has 0 aromatic heterocycles. The van der Waals surface area contributed by atoms with Crippen LogP contribution in [-0.4, -0.2) is 0 Å². The summed E-state index contributed by atoms with van der Waals surface area (Å²) < 4.78 is 0. The van der Waals surface area contributed by atoms with Crippen molar-refractivity contribution in [3.63, 3.8) is 0 Å². The molecule has 1 aromatic carbocycles. The van der Waals surface area contributed by atoms with Crippen molar-refractivity contribution in [2.45, 2.75) is 33.6 Å². The molecule has 2 unspecified atom stereocenters. The first-order valence-corrected chi connectivity index (χ1v) is 5.18. The molecule has 0 nitrogen and oxygen atoms in total. The number of hydrogen-bond donors (Lipinski definition) is 0. The molecule has 0 N–H and O–H groups in total.